The maximum Gasteiger partial charge on any atom is 0.234 e. The summed E-state index contributed by atoms with van der Waals surface area (Å²) < 4.78 is 0. The predicted molar refractivity (Wildman–Crippen MR) is 103 cm³/mol. The fraction of sp³-hybridized carbons (Fsp3) is 0.450. The molecule has 1 fully saturated rings. The number of carbonyl (C=O) groups excluding carboxylic acids is 1. The third-order valence-corrected chi connectivity index (χ3v) is 4.98. The van der Waals surface area contributed by atoms with Crippen LogP contribution in [0.4, 0.5) is 5.95 Å². The summed E-state index contributed by atoms with van der Waals surface area (Å²) in [6, 6.07) is 8.19. The number of amides is 1. The number of benzene rings is 1. The van der Waals surface area contributed by atoms with E-state index in [1.54, 1.807) is 12.4 Å². The summed E-state index contributed by atoms with van der Waals surface area (Å²) in [6.07, 6.45) is 3.52. The SMILES string of the molecule is Cc1ccc([C@H](C)NC(=O)CN2CCN(c3ncccn3)CC2)cc1C. The summed E-state index contributed by atoms with van der Waals surface area (Å²) in [5.74, 6) is 0.833. The second kappa shape index (κ2) is 8.27. The standard InChI is InChI=1S/C20H27N5O/c1-15-5-6-18(13-16(15)2)17(3)23-19(26)14-24-9-11-25(12-10-24)20-21-7-4-8-22-20/h4-8,13,17H,9-12,14H2,1-3H3,(H,23,26)/t17-/m0/s1. The second-order valence-electron chi connectivity index (χ2n) is 6.94. The molecule has 1 saturated heterocycles. The first-order valence-electron chi connectivity index (χ1n) is 9.14. The molecule has 0 saturated carbocycles. The van der Waals surface area contributed by atoms with E-state index in [9.17, 15) is 4.79 Å². The highest BCUT2D eigenvalue weighted by Gasteiger charge is 2.21. The van der Waals surface area contributed by atoms with Crippen molar-refractivity contribution >= 4 is 11.9 Å². The topological polar surface area (TPSA) is 61.4 Å². The second-order valence-corrected chi connectivity index (χ2v) is 6.94. The Morgan fingerprint density at radius 3 is 2.46 bits per heavy atom. The molecule has 1 aromatic heterocycles. The molecule has 1 aliphatic rings. The molecule has 3 rings (SSSR count). The van der Waals surface area contributed by atoms with E-state index in [1.807, 2.05) is 13.0 Å². The number of hydrogen-bond donors (Lipinski definition) is 1. The van der Waals surface area contributed by atoms with Crippen LogP contribution in [0.2, 0.25) is 0 Å². The van der Waals surface area contributed by atoms with E-state index >= 15 is 0 Å². The van der Waals surface area contributed by atoms with Gasteiger partial charge in [-0.25, -0.2) is 9.97 Å². The van der Waals surface area contributed by atoms with Crippen LogP contribution in [0.25, 0.3) is 0 Å². The Hall–Kier alpha value is -2.47. The zero-order valence-electron chi connectivity index (χ0n) is 15.8. The number of piperazine rings is 1. The Kier molecular flexibility index (Phi) is 5.83. The van der Waals surface area contributed by atoms with Crippen LogP contribution in [0.3, 0.4) is 0 Å². The molecule has 1 atom stereocenters. The van der Waals surface area contributed by atoms with Gasteiger partial charge in [0.25, 0.3) is 0 Å². The summed E-state index contributed by atoms with van der Waals surface area (Å²) in [6.45, 7) is 10.0. The lowest BCUT2D eigenvalue weighted by Gasteiger charge is -2.34. The van der Waals surface area contributed by atoms with Gasteiger partial charge >= 0.3 is 0 Å². The zero-order chi connectivity index (χ0) is 18.5. The molecule has 2 heterocycles. The lowest BCUT2D eigenvalue weighted by molar-refractivity contribution is -0.123. The lowest BCUT2D eigenvalue weighted by Crippen LogP contribution is -2.50. The summed E-state index contributed by atoms with van der Waals surface area (Å²) in [5.41, 5.74) is 3.67. The monoisotopic (exact) mass is 353 g/mol. The smallest absolute Gasteiger partial charge is 0.234 e. The highest BCUT2D eigenvalue weighted by atomic mass is 16.2. The number of nitrogens with zero attached hydrogens (tertiary/aromatic N) is 4. The first kappa shape index (κ1) is 18.3. The number of nitrogens with one attached hydrogen (secondary N) is 1. The highest BCUT2D eigenvalue weighted by Crippen LogP contribution is 2.17. The quantitative estimate of drug-likeness (QED) is 0.892. The van der Waals surface area contributed by atoms with E-state index < -0.39 is 0 Å². The first-order valence-corrected chi connectivity index (χ1v) is 9.14. The van der Waals surface area contributed by atoms with Crippen LogP contribution in [0.1, 0.15) is 29.7 Å². The van der Waals surface area contributed by atoms with Crippen molar-refractivity contribution < 1.29 is 4.79 Å². The van der Waals surface area contributed by atoms with Crippen molar-refractivity contribution in [2.75, 3.05) is 37.6 Å². The van der Waals surface area contributed by atoms with Gasteiger partial charge in [-0.3, -0.25) is 9.69 Å². The van der Waals surface area contributed by atoms with Crippen molar-refractivity contribution in [3.05, 3.63) is 53.3 Å². The third-order valence-electron chi connectivity index (χ3n) is 4.98. The summed E-state index contributed by atoms with van der Waals surface area (Å²) >= 11 is 0. The predicted octanol–water partition coefficient (Wildman–Crippen LogP) is 2.09. The molecule has 138 valence electrons. The molecule has 1 amide bonds. The van der Waals surface area contributed by atoms with Gasteiger partial charge in [0, 0.05) is 38.6 Å². The van der Waals surface area contributed by atoms with Crippen LogP contribution in [0, 0.1) is 13.8 Å². The van der Waals surface area contributed by atoms with Gasteiger partial charge in [0.1, 0.15) is 0 Å². The van der Waals surface area contributed by atoms with Crippen molar-refractivity contribution in [2.45, 2.75) is 26.8 Å². The van der Waals surface area contributed by atoms with Gasteiger partial charge < -0.3 is 10.2 Å². The van der Waals surface area contributed by atoms with Gasteiger partial charge in [-0.1, -0.05) is 18.2 Å². The number of aryl methyl sites for hydroxylation is 2. The van der Waals surface area contributed by atoms with Gasteiger partial charge in [0.05, 0.1) is 12.6 Å². The Morgan fingerprint density at radius 2 is 1.81 bits per heavy atom. The van der Waals surface area contributed by atoms with Gasteiger partial charge in [-0.15, -0.1) is 0 Å². The minimum atomic E-state index is 0.0146. The van der Waals surface area contributed by atoms with Crippen LogP contribution >= 0.6 is 0 Å². The van der Waals surface area contributed by atoms with Crippen LogP contribution in [-0.2, 0) is 4.79 Å². The van der Waals surface area contributed by atoms with Crippen molar-refractivity contribution in [1.29, 1.82) is 0 Å². The van der Waals surface area contributed by atoms with Crippen molar-refractivity contribution in [3.8, 4) is 0 Å². The molecule has 2 aromatic rings. The highest BCUT2D eigenvalue weighted by molar-refractivity contribution is 5.78. The van der Waals surface area contributed by atoms with E-state index in [1.165, 1.54) is 11.1 Å². The molecule has 0 bridgehead atoms. The van der Waals surface area contributed by atoms with Gasteiger partial charge in [0.2, 0.25) is 11.9 Å². The average Bonchev–Trinajstić information content (AvgIpc) is 2.65. The maximum absolute atomic E-state index is 12.4. The molecular formula is C20H27N5O. The Labute approximate surface area is 155 Å². The molecule has 0 spiro atoms. The molecule has 0 unspecified atom stereocenters. The molecule has 6 nitrogen and oxygen atoms in total. The Balaban J connectivity index is 1.47. The molecule has 6 heteroatoms. The van der Waals surface area contributed by atoms with E-state index in [4.69, 9.17) is 0 Å². The van der Waals surface area contributed by atoms with Crippen molar-refractivity contribution in [3.63, 3.8) is 0 Å². The minimum absolute atomic E-state index is 0.0146. The van der Waals surface area contributed by atoms with Crippen LogP contribution in [-0.4, -0.2) is 53.5 Å². The molecule has 0 aliphatic carbocycles. The zero-order valence-corrected chi connectivity index (χ0v) is 15.8. The van der Waals surface area contributed by atoms with Gasteiger partial charge in [-0.05, 0) is 43.5 Å². The Bertz CT molecular complexity index is 741. The van der Waals surface area contributed by atoms with Crippen LogP contribution in [0.5, 0.6) is 0 Å². The first-order chi connectivity index (χ1) is 12.5. The lowest BCUT2D eigenvalue weighted by atomic mass is 10.0. The summed E-state index contributed by atoms with van der Waals surface area (Å²) in [5, 5.41) is 3.11. The fourth-order valence-corrected chi connectivity index (χ4v) is 3.17. The van der Waals surface area contributed by atoms with Crippen molar-refractivity contribution in [2.24, 2.45) is 0 Å². The largest absolute Gasteiger partial charge is 0.348 e. The van der Waals surface area contributed by atoms with E-state index in [0.717, 1.165) is 37.7 Å². The molecule has 1 aliphatic heterocycles. The van der Waals surface area contributed by atoms with E-state index in [-0.39, 0.29) is 11.9 Å². The summed E-state index contributed by atoms with van der Waals surface area (Å²) in [7, 11) is 0. The molecule has 0 radical (unpaired) electrons. The Morgan fingerprint density at radius 1 is 1.12 bits per heavy atom. The molecule has 1 N–H and O–H groups in total. The van der Waals surface area contributed by atoms with Gasteiger partial charge in [0.15, 0.2) is 0 Å². The normalized spacial score (nSPS) is 16.3. The molecular weight excluding hydrogens is 326 g/mol. The average molecular weight is 353 g/mol. The van der Waals surface area contributed by atoms with Crippen LogP contribution in [0.15, 0.2) is 36.7 Å². The number of hydrogen-bond acceptors (Lipinski definition) is 5. The number of carbonyl (C=O) groups is 1. The molecule has 26 heavy (non-hydrogen) atoms. The number of aromatic nitrogens is 2. The summed E-state index contributed by atoms with van der Waals surface area (Å²) in [4.78, 5) is 25.3. The molecule has 1 aromatic carbocycles. The third kappa shape index (κ3) is 4.58. The van der Waals surface area contributed by atoms with Crippen molar-refractivity contribution in [1.82, 2.24) is 20.2 Å². The maximum atomic E-state index is 12.4. The number of rotatable bonds is 5. The van der Waals surface area contributed by atoms with Gasteiger partial charge in [-0.2, -0.15) is 0 Å². The van der Waals surface area contributed by atoms with E-state index in [0.29, 0.717) is 6.54 Å². The fourth-order valence-electron chi connectivity index (χ4n) is 3.17. The number of anilines is 1. The van der Waals surface area contributed by atoms with E-state index in [2.05, 4.69) is 57.1 Å². The van der Waals surface area contributed by atoms with Crippen LogP contribution < -0.4 is 10.2 Å². The minimum Gasteiger partial charge on any atom is -0.348 e.